The van der Waals surface area contributed by atoms with Gasteiger partial charge < -0.3 is 41.9 Å². The fourth-order valence-electron chi connectivity index (χ4n) is 4.68. The zero-order valence-corrected chi connectivity index (χ0v) is 31.1. The van der Waals surface area contributed by atoms with E-state index in [0.717, 1.165) is 45.6 Å². The maximum atomic E-state index is 11.0. The average molecular weight is 783 g/mol. The van der Waals surface area contributed by atoms with E-state index in [-0.39, 0.29) is 46.6 Å². The van der Waals surface area contributed by atoms with Crippen LogP contribution in [0, 0.1) is 55.4 Å². The van der Waals surface area contributed by atoms with Crippen molar-refractivity contribution in [1.29, 1.82) is 0 Å². The van der Waals surface area contributed by atoms with Crippen LogP contribution in [0.15, 0.2) is 24.3 Å². The van der Waals surface area contributed by atoms with Gasteiger partial charge in [-0.25, -0.2) is 0 Å². The number of rotatable bonds is 12. The predicted molar refractivity (Wildman–Crippen MR) is 170 cm³/mol. The molecule has 4 aromatic heterocycles. The summed E-state index contributed by atoms with van der Waals surface area (Å²) in [5, 5.41) is 39.4. The van der Waals surface area contributed by atoms with Gasteiger partial charge in [-0.15, -0.1) is 0 Å². The van der Waals surface area contributed by atoms with Crippen LogP contribution in [0.3, 0.4) is 0 Å². The molecule has 0 N–H and O–H groups in total. The topological polar surface area (TPSA) is 275 Å². The number of aryl methyl sites for hydroxylation is 8. The Labute approximate surface area is 310 Å². The van der Waals surface area contributed by atoms with Crippen LogP contribution in [-0.2, 0) is 69.8 Å². The molecule has 0 aliphatic heterocycles. The largest absolute Gasteiger partial charge is 2.00 e. The van der Waals surface area contributed by atoms with E-state index < -0.39 is 11.9 Å². The summed E-state index contributed by atoms with van der Waals surface area (Å²) in [5.41, 5.74) is 34.6. The van der Waals surface area contributed by atoms with Crippen molar-refractivity contribution in [3.8, 4) is 0 Å². The molecule has 0 fully saturated rings. The second kappa shape index (κ2) is 23.6. The maximum absolute atomic E-state index is 11.0. The Morgan fingerprint density at radius 1 is 0.540 bits per heavy atom. The molecule has 20 nitrogen and oxygen atoms in total. The number of aromatic nitrogens is 8. The number of carboxylic acid groups (broad SMARTS) is 2. The fourth-order valence-corrected chi connectivity index (χ4v) is 4.68. The number of carboxylic acids is 2. The van der Waals surface area contributed by atoms with Crippen molar-refractivity contribution in [1.82, 2.24) is 48.9 Å². The first kappa shape index (κ1) is 47.4. The molecule has 2 radical (unpaired) electrons. The normalized spacial score (nSPS) is 9.80. The Kier molecular flexibility index (Phi) is 22.4. The molecule has 0 saturated carbocycles. The van der Waals surface area contributed by atoms with Gasteiger partial charge in [-0.05, 0) is 79.7 Å². The van der Waals surface area contributed by atoms with Crippen LogP contribution in [0.4, 0.5) is 0 Å². The summed E-state index contributed by atoms with van der Waals surface area (Å²) < 4.78 is 7.13. The quantitative estimate of drug-likeness (QED) is 0.114. The van der Waals surface area contributed by atoms with E-state index >= 15 is 0 Å². The molecular weight excluding hydrogens is 742 g/mol. The average Bonchev–Trinajstić information content (AvgIpc) is 3.65. The molecule has 4 heterocycles. The van der Waals surface area contributed by atoms with Crippen molar-refractivity contribution in [2.24, 2.45) is 0 Å². The van der Waals surface area contributed by atoms with E-state index in [1.54, 1.807) is 28.5 Å². The molecule has 50 heavy (non-hydrogen) atoms. The molecule has 0 saturated heterocycles. The minimum atomic E-state index is -1.11. The molecule has 274 valence electrons. The summed E-state index contributed by atoms with van der Waals surface area (Å²) in [5.74, 6) is -2.23. The van der Waals surface area contributed by atoms with Gasteiger partial charge in [0, 0.05) is 35.9 Å². The molecule has 4 aromatic rings. The summed E-state index contributed by atoms with van der Waals surface area (Å²) in [6, 6.07) is 7.84. The molecule has 0 atom stereocenters. The van der Waals surface area contributed by atoms with Gasteiger partial charge in [0.1, 0.15) is 0 Å². The Bertz CT molecular complexity index is 1490. The maximum Gasteiger partial charge on any atom is 2.00 e. The smallest absolute Gasteiger partial charge is 0.549 e. The van der Waals surface area contributed by atoms with Crippen molar-refractivity contribution < 1.29 is 53.4 Å². The number of nitrogens with zero attached hydrogens (tertiary/aromatic N) is 16. The van der Waals surface area contributed by atoms with Gasteiger partial charge in [0.25, 0.3) is 0 Å². The summed E-state index contributed by atoms with van der Waals surface area (Å²) in [6.45, 7) is 16.6. The molecule has 0 unspecified atom stereocenters. The van der Waals surface area contributed by atoms with Gasteiger partial charge in [0.15, 0.2) is 0 Å². The second-order valence-electron chi connectivity index (χ2n) is 10.9. The van der Waals surface area contributed by atoms with Crippen LogP contribution in [-0.4, -0.2) is 73.9 Å². The molecule has 0 aliphatic rings. The molecule has 0 aromatic carbocycles. The van der Waals surface area contributed by atoms with Crippen molar-refractivity contribution in [3.05, 3.63) is 102 Å². The van der Waals surface area contributed by atoms with Crippen molar-refractivity contribution in [3.63, 3.8) is 0 Å². The van der Waals surface area contributed by atoms with Crippen molar-refractivity contribution >= 4 is 11.9 Å². The van der Waals surface area contributed by atoms with E-state index in [1.807, 2.05) is 79.7 Å². The molecule has 0 spiro atoms. The first-order valence-electron chi connectivity index (χ1n) is 14.4. The van der Waals surface area contributed by atoms with Gasteiger partial charge >= 0.3 is 33.6 Å². The number of aliphatic carboxylic acids is 2. The molecule has 22 heteroatoms. The van der Waals surface area contributed by atoms with Gasteiger partial charge in [0.05, 0.1) is 61.4 Å². The molecule has 0 aliphatic carbocycles. The SMILES string of the molecule is Cc1cc(C)n(CN(CC(=O)[O-])Cn2nc(C)cc2C)n1.Cc1cc(C)n(CN(CC(=O)[O-])Cn2nc(C)cc2C)n1.[Co+2].[Co+2].[N-]=[N+]=[N-].[N-]=[N+]=[N-]. The van der Waals surface area contributed by atoms with E-state index in [2.05, 4.69) is 20.4 Å². The number of carbonyl (C=O) groups is 2. The van der Waals surface area contributed by atoms with Crippen LogP contribution < -0.4 is 10.2 Å². The van der Waals surface area contributed by atoms with Crippen LogP contribution >= 0.6 is 0 Å². The Balaban J connectivity index is 0. The second-order valence-corrected chi connectivity index (χ2v) is 10.9. The van der Waals surface area contributed by atoms with Crippen LogP contribution in [0.5, 0.6) is 0 Å². The third kappa shape index (κ3) is 17.1. The van der Waals surface area contributed by atoms with Gasteiger partial charge in [-0.2, -0.15) is 20.4 Å². The summed E-state index contributed by atoms with van der Waals surface area (Å²) in [4.78, 5) is 28.4. The first-order valence-corrected chi connectivity index (χ1v) is 14.4. The Morgan fingerprint density at radius 2 is 0.720 bits per heavy atom. The third-order valence-electron chi connectivity index (χ3n) is 6.45. The molecule has 4 rings (SSSR count). The third-order valence-corrected chi connectivity index (χ3v) is 6.45. The molecular formula is C28H40Co2N16O4. The van der Waals surface area contributed by atoms with Gasteiger partial charge in [0.2, 0.25) is 0 Å². The molecule has 0 amide bonds. The zero-order valence-electron chi connectivity index (χ0n) is 29.0. The summed E-state index contributed by atoms with van der Waals surface area (Å²) in [6.07, 6.45) is 0. The predicted octanol–water partition coefficient (Wildman–Crippen LogP) is 1.69. The van der Waals surface area contributed by atoms with Crippen LogP contribution in [0.1, 0.15) is 45.6 Å². The summed E-state index contributed by atoms with van der Waals surface area (Å²) >= 11 is 0. The Morgan fingerprint density at radius 3 is 0.840 bits per heavy atom. The van der Waals surface area contributed by atoms with Gasteiger partial charge in [-0.1, -0.05) is 0 Å². The standard InChI is InChI=1S/2C14H21N5O2.2Co.2N3/c2*1-10-5-12(3)18(15-10)8-17(7-14(20)21)9-19-13(4)6-11(2)16-19;;;2*1-3-2/h2*5-6H,7-9H2,1-4H3,(H,20,21);;;;/q;;2*+2;2*-1/p-2. The first-order chi connectivity index (χ1) is 22.5. The number of hydrogen-bond donors (Lipinski definition) is 0. The van der Waals surface area contributed by atoms with Crippen LogP contribution in [0.25, 0.3) is 31.9 Å². The van der Waals surface area contributed by atoms with E-state index in [1.165, 1.54) is 9.82 Å². The van der Waals surface area contributed by atoms with Crippen LogP contribution in [0.2, 0.25) is 0 Å². The van der Waals surface area contributed by atoms with Crippen molar-refractivity contribution in [2.75, 3.05) is 13.1 Å². The monoisotopic (exact) mass is 782 g/mol. The molecule has 0 bridgehead atoms. The van der Waals surface area contributed by atoms with E-state index in [9.17, 15) is 19.8 Å². The zero-order chi connectivity index (χ0) is 36.6. The Hall–Kier alpha value is -4.67. The van der Waals surface area contributed by atoms with Crippen molar-refractivity contribution in [2.45, 2.75) is 82.1 Å². The number of carbonyl (C=O) groups excluding carboxylic acids is 2. The van der Waals surface area contributed by atoms with E-state index in [0.29, 0.717) is 26.7 Å². The fraction of sp³-hybridized carbons (Fsp3) is 0.500. The minimum Gasteiger partial charge on any atom is -0.549 e. The number of hydrogen-bond acceptors (Lipinski definition) is 10. The van der Waals surface area contributed by atoms with Gasteiger partial charge in [-0.3, -0.25) is 38.4 Å². The minimum absolute atomic E-state index is 0. The summed E-state index contributed by atoms with van der Waals surface area (Å²) in [7, 11) is 0. The van der Waals surface area contributed by atoms with E-state index in [4.69, 9.17) is 22.1 Å².